The quantitative estimate of drug-likeness (QED) is 0.154. The van der Waals surface area contributed by atoms with E-state index in [9.17, 15) is 20.1 Å². The van der Waals surface area contributed by atoms with E-state index in [0.29, 0.717) is 6.42 Å². The van der Waals surface area contributed by atoms with E-state index in [1.54, 1.807) is 7.11 Å². The number of allylic oxidation sites excluding steroid dienone is 7. The van der Waals surface area contributed by atoms with Crippen LogP contribution >= 0.6 is 22.6 Å². The highest BCUT2D eigenvalue weighted by molar-refractivity contribution is 14.1. The first-order chi connectivity index (χ1) is 22.2. The van der Waals surface area contributed by atoms with Crippen molar-refractivity contribution in [2.75, 3.05) is 7.11 Å². The molecule has 0 aromatic heterocycles. The van der Waals surface area contributed by atoms with Crippen molar-refractivity contribution < 1.29 is 39.1 Å². The number of cyclic esters (lactones) is 1. The van der Waals surface area contributed by atoms with Crippen molar-refractivity contribution in [1.82, 2.24) is 0 Å². The molecule has 2 aliphatic heterocycles. The number of ether oxygens (including phenoxy) is 4. The monoisotopic (exact) mass is 772 g/mol. The number of hydrogen-bond acceptors (Lipinski definition) is 8. The topological polar surface area (TPSA) is 115 Å². The van der Waals surface area contributed by atoms with Gasteiger partial charge in [-0.3, -0.25) is 4.79 Å². The van der Waals surface area contributed by atoms with Gasteiger partial charge in [-0.2, -0.15) is 0 Å². The molecule has 1 fully saturated rings. The Bertz CT molecular complexity index is 1080. The van der Waals surface area contributed by atoms with Crippen LogP contribution in [-0.2, 0) is 23.7 Å². The summed E-state index contributed by atoms with van der Waals surface area (Å²) in [5.74, 6) is -2.11. The predicted octanol–water partition coefficient (Wildman–Crippen LogP) is 7.37. The van der Waals surface area contributed by atoms with Gasteiger partial charge in [0.05, 0.1) is 43.0 Å². The van der Waals surface area contributed by atoms with Crippen molar-refractivity contribution in [1.29, 1.82) is 0 Å². The summed E-state index contributed by atoms with van der Waals surface area (Å²) in [5.41, 5.74) is 0.861. The van der Waals surface area contributed by atoms with E-state index in [1.165, 1.54) is 0 Å². The van der Waals surface area contributed by atoms with Crippen molar-refractivity contribution in [2.45, 2.75) is 142 Å². The third-order valence-corrected chi connectivity index (χ3v) is 9.92. The molecular formula is C38H61IO8. The standard InChI is InChI=1S/C38H61IO8/c1-25(16-13-14-21-39)22-34-27(3)32(41)23-30(40)18-15-20-31(44-8)19-12-10-9-11-17-26(2)36-29(5)37(47-38(6,7)46-36)28(4)33(42)24-35(43)45-34/h9-14,16,21-22,26-34,36-37,40-42H,15,17-20,23-24H2,1-8H3/b11-9+,12-10-,16-13+,21-14+,25-22+/t26-,27-,28+,29-,30+,31+,32-,33+,34+,36+,37-/m0/s1. The van der Waals surface area contributed by atoms with E-state index >= 15 is 0 Å². The number of fused-ring (bicyclic) bond motifs is 2. The minimum atomic E-state index is -1.01. The van der Waals surface area contributed by atoms with E-state index in [0.717, 1.165) is 31.3 Å². The maximum atomic E-state index is 13.3. The van der Waals surface area contributed by atoms with Crippen LogP contribution < -0.4 is 0 Å². The largest absolute Gasteiger partial charge is 0.458 e. The molecule has 2 rings (SSSR count). The van der Waals surface area contributed by atoms with Gasteiger partial charge in [-0.25, -0.2) is 0 Å². The highest BCUT2D eigenvalue weighted by atomic mass is 127. The summed E-state index contributed by atoms with van der Waals surface area (Å²) in [4.78, 5) is 13.3. The molecule has 0 unspecified atom stereocenters. The summed E-state index contributed by atoms with van der Waals surface area (Å²) >= 11 is 2.14. The first-order valence-corrected chi connectivity index (χ1v) is 18.5. The van der Waals surface area contributed by atoms with Crippen molar-refractivity contribution >= 4 is 28.6 Å². The second-order valence-corrected chi connectivity index (χ2v) is 14.7. The number of hydrogen-bond donors (Lipinski definition) is 3. The Kier molecular flexibility index (Phi) is 18.7. The number of carbonyl (C=O) groups is 1. The minimum Gasteiger partial charge on any atom is -0.458 e. The van der Waals surface area contributed by atoms with Gasteiger partial charge in [0.2, 0.25) is 0 Å². The zero-order valence-electron chi connectivity index (χ0n) is 29.8. The molecule has 0 aliphatic carbocycles. The van der Waals surface area contributed by atoms with Gasteiger partial charge < -0.3 is 34.3 Å². The molecule has 0 radical (unpaired) electrons. The number of aliphatic hydroxyl groups is 3. The fraction of sp³-hybridized carbons (Fsp3) is 0.711. The lowest BCUT2D eigenvalue weighted by Gasteiger charge is -2.49. The summed E-state index contributed by atoms with van der Waals surface area (Å²) < 4.78 is 26.3. The Hall–Kier alpha value is -1.34. The number of aliphatic hydroxyl groups excluding tert-OH is 3. The van der Waals surface area contributed by atoms with Crippen molar-refractivity contribution in [3.8, 4) is 0 Å². The maximum Gasteiger partial charge on any atom is 0.309 e. The predicted molar refractivity (Wildman–Crippen MR) is 196 cm³/mol. The number of halogens is 1. The molecule has 0 amide bonds. The van der Waals surface area contributed by atoms with E-state index in [4.69, 9.17) is 18.9 Å². The second kappa shape index (κ2) is 21.0. The zero-order chi connectivity index (χ0) is 35.1. The lowest BCUT2D eigenvalue weighted by molar-refractivity contribution is -0.337. The SMILES string of the molecule is CO[C@@H]1C/C=C\C=C\C[C@H](C)[C@H]2OC(C)(C)O[C@H]([C@H]2C)[C@H](C)[C@H](O)CC(=O)O[C@H](/C=C(C)/C=C/C=C/I)[C@@H](C)[C@@H](O)C[C@H](O)CCC1. The van der Waals surface area contributed by atoms with Crippen molar-refractivity contribution in [2.24, 2.45) is 23.7 Å². The molecule has 47 heavy (non-hydrogen) atoms. The molecule has 2 heterocycles. The van der Waals surface area contributed by atoms with Gasteiger partial charge in [0, 0.05) is 24.9 Å². The molecule has 0 aromatic carbocycles. The zero-order valence-corrected chi connectivity index (χ0v) is 31.9. The van der Waals surface area contributed by atoms with Crippen LogP contribution in [0.3, 0.4) is 0 Å². The highest BCUT2D eigenvalue weighted by Crippen LogP contribution is 2.39. The third kappa shape index (κ3) is 14.6. The highest BCUT2D eigenvalue weighted by Gasteiger charge is 2.46. The van der Waals surface area contributed by atoms with Gasteiger partial charge in [-0.15, -0.1) is 0 Å². The molecule has 0 aromatic rings. The summed E-state index contributed by atoms with van der Waals surface area (Å²) in [6.45, 7) is 13.7. The molecule has 0 spiro atoms. The van der Waals surface area contributed by atoms with Gasteiger partial charge in [-0.1, -0.05) is 98.4 Å². The molecule has 0 saturated carbocycles. The molecule has 3 N–H and O–H groups in total. The van der Waals surface area contributed by atoms with Gasteiger partial charge in [-0.05, 0) is 75.4 Å². The Balaban J connectivity index is 2.37. The molecular weight excluding hydrogens is 711 g/mol. The van der Waals surface area contributed by atoms with Gasteiger partial charge in [0.25, 0.3) is 0 Å². The molecule has 268 valence electrons. The van der Waals surface area contributed by atoms with Crippen molar-refractivity contribution in [3.05, 3.63) is 58.3 Å². The normalized spacial score (nSPS) is 39.3. The lowest BCUT2D eigenvalue weighted by Crippen LogP contribution is -2.55. The average Bonchev–Trinajstić information content (AvgIpc) is 3.00. The summed E-state index contributed by atoms with van der Waals surface area (Å²) in [7, 11) is 1.71. The smallest absolute Gasteiger partial charge is 0.309 e. The van der Waals surface area contributed by atoms with Crippen LogP contribution in [0, 0.1) is 23.7 Å². The summed E-state index contributed by atoms with van der Waals surface area (Å²) in [6.07, 6.45) is 15.7. The average molecular weight is 773 g/mol. The second-order valence-electron chi connectivity index (χ2n) is 14.0. The lowest BCUT2D eigenvalue weighted by atomic mass is 9.79. The summed E-state index contributed by atoms with van der Waals surface area (Å²) in [6, 6.07) is 0. The maximum absolute atomic E-state index is 13.3. The van der Waals surface area contributed by atoms with Gasteiger partial charge in [0.15, 0.2) is 5.79 Å². The summed E-state index contributed by atoms with van der Waals surface area (Å²) in [5, 5.41) is 33.3. The van der Waals surface area contributed by atoms with Crippen molar-refractivity contribution in [3.63, 3.8) is 0 Å². The van der Waals surface area contributed by atoms with E-state index in [2.05, 4.69) is 54.7 Å². The number of esters is 1. The Labute approximate surface area is 297 Å². The minimum absolute atomic E-state index is 0.0287. The molecule has 11 atom stereocenters. The number of methoxy groups -OCH3 is 1. The fourth-order valence-electron chi connectivity index (χ4n) is 6.50. The Morgan fingerprint density at radius 2 is 1.60 bits per heavy atom. The van der Waals surface area contributed by atoms with Crippen LogP contribution in [0.2, 0.25) is 0 Å². The van der Waals surface area contributed by atoms with Crippen LogP contribution in [0.5, 0.6) is 0 Å². The van der Waals surface area contributed by atoms with Crippen LogP contribution in [0.1, 0.15) is 93.4 Å². The van der Waals surface area contributed by atoms with Crippen LogP contribution in [0.15, 0.2) is 58.3 Å². The first kappa shape index (κ1) is 41.8. The Morgan fingerprint density at radius 3 is 2.26 bits per heavy atom. The first-order valence-electron chi connectivity index (χ1n) is 17.2. The van der Waals surface area contributed by atoms with E-state index < -0.39 is 42.1 Å². The molecule has 8 nitrogen and oxygen atoms in total. The molecule has 2 bridgehead atoms. The van der Waals surface area contributed by atoms with E-state index in [-0.39, 0.29) is 48.9 Å². The molecule has 2 aliphatic rings. The van der Waals surface area contributed by atoms with Crippen LogP contribution in [-0.4, -0.2) is 76.9 Å². The molecule has 1 saturated heterocycles. The van der Waals surface area contributed by atoms with E-state index in [1.807, 2.05) is 69.1 Å². The number of carbonyl (C=O) groups excluding carboxylic acids is 1. The number of rotatable bonds is 4. The Morgan fingerprint density at radius 1 is 0.936 bits per heavy atom. The fourth-order valence-corrected chi connectivity index (χ4v) is 6.74. The van der Waals surface area contributed by atoms with Crippen LogP contribution in [0.4, 0.5) is 0 Å². The molecule has 9 heteroatoms. The third-order valence-electron chi connectivity index (χ3n) is 9.50. The van der Waals surface area contributed by atoms with Crippen LogP contribution in [0.25, 0.3) is 0 Å². The van der Waals surface area contributed by atoms with Gasteiger partial charge in [0.1, 0.15) is 6.10 Å². The van der Waals surface area contributed by atoms with Gasteiger partial charge >= 0.3 is 5.97 Å².